The fraction of sp³-hybridized carbons (Fsp3) is 0.250. The first-order valence-corrected chi connectivity index (χ1v) is 6.76. The van der Waals surface area contributed by atoms with Gasteiger partial charge in [-0.15, -0.1) is 0 Å². The molecule has 5 nitrogen and oxygen atoms in total. The van der Waals surface area contributed by atoms with Crippen molar-refractivity contribution in [2.45, 2.75) is 6.10 Å². The van der Waals surface area contributed by atoms with E-state index in [1.807, 2.05) is 42.5 Å². The number of aromatic nitrogens is 1. The highest BCUT2D eigenvalue weighted by molar-refractivity contribution is 5.88. The predicted molar refractivity (Wildman–Crippen MR) is 79.2 cm³/mol. The number of methoxy groups -OCH3 is 1. The normalized spacial score (nSPS) is 17.9. The maximum absolute atomic E-state index is 11.8. The number of amides is 1. The molecule has 1 atom stereocenters. The molecule has 1 amide bonds. The van der Waals surface area contributed by atoms with Crippen molar-refractivity contribution in [2.75, 3.05) is 25.2 Å². The Morgan fingerprint density at radius 3 is 2.71 bits per heavy atom. The minimum absolute atomic E-state index is 0.238. The summed E-state index contributed by atoms with van der Waals surface area (Å²) in [7, 11) is 1.59. The van der Waals surface area contributed by atoms with E-state index < -0.39 is 0 Å². The number of rotatable bonds is 4. The van der Waals surface area contributed by atoms with E-state index in [0.29, 0.717) is 19.0 Å². The Kier molecular flexibility index (Phi) is 3.83. The summed E-state index contributed by atoms with van der Waals surface area (Å²) in [4.78, 5) is 17.7. The van der Waals surface area contributed by atoms with Crippen LogP contribution in [0.2, 0.25) is 0 Å². The van der Waals surface area contributed by atoms with Crippen molar-refractivity contribution in [1.29, 1.82) is 0 Å². The molecule has 1 aliphatic rings. The molecule has 0 bridgehead atoms. The van der Waals surface area contributed by atoms with Crippen LogP contribution < -0.4 is 4.90 Å². The molecule has 3 rings (SSSR count). The summed E-state index contributed by atoms with van der Waals surface area (Å²) in [6, 6.07) is 13.8. The first kappa shape index (κ1) is 13.6. The van der Waals surface area contributed by atoms with E-state index in [4.69, 9.17) is 9.47 Å². The number of cyclic esters (lactones) is 1. The van der Waals surface area contributed by atoms with Crippen molar-refractivity contribution in [3.05, 3.63) is 48.7 Å². The lowest BCUT2D eigenvalue weighted by Gasteiger charge is -2.12. The van der Waals surface area contributed by atoms with Crippen molar-refractivity contribution in [3.63, 3.8) is 0 Å². The third-order valence-corrected chi connectivity index (χ3v) is 3.36. The number of ether oxygens (including phenoxy) is 2. The largest absolute Gasteiger partial charge is 0.441 e. The Morgan fingerprint density at radius 1 is 1.24 bits per heavy atom. The third kappa shape index (κ3) is 2.87. The molecule has 21 heavy (non-hydrogen) atoms. The van der Waals surface area contributed by atoms with Gasteiger partial charge in [0.05, 0.1) is 13.2 Å². The van der Waals surface area contributed by atoms with Crippen molar-refractivity contribution in [3.8, 4) is 11.1 Å². The first-order valence-electron chi connectivity index (χ1n) is 6.76. The number of carbonyl (C=O) groups is 1. The maximum Gasteiger partial charge on any atom is 0.416 e. The average molecular weight is 284 g/mol. The van der Waals surface area contributed by atoms with Gasteiger partial charge in [-0.2, -0.15) is 0 Å². The molecule has 0 radical (unpaired) electrons. The molecule has 0 saturated carbocycles. The van der Waals surface area contributed by atoms with Gasteiger partial charge in [-0.1, -0.05) is 30.3 Å². The summed E-state index contributed by atoms with van der Waals surface area (Å²) in [5, 5.41) is 0. The van der Waals surface area contributed by atoms with Gasteiger partial charge in [-0.3, -0.25) is 4.90 Å². The lowest BCUT2D eigenvalue weighted by molar-refractivity contribution is 0.0718. The van der Waals surface area contributed by atoms with Gasteiger partial charge in [0.25, 0.3) is 0 Å². The molecule has 5 heteroatoms. The number of pyridine rings is 1. The van der Waals surface area contributed by atoms with Gasteiger partial charge in [-0.25, -0.2) is 9.78 Å². The second-order valence-corrected chi connectivity index (χ2v) is 4.84. The molecule has 1 fully saturated rings. The first-order chi connectivity index (χ1) is 10.3. The van der Waals surface area contributed by atoms with Crippen LogP contribution in [0.4, 0.5) is 10.6 Å². The van der Waals surface area contributed by atoms with Crippen LogP contribution in [0.1, 0.15) is 0 Å². The highest BCUT2D eigenvalue weighted by atomic mass is 16.6. The Hall–Kier alpha value is -2.40. The van der Waals surface area contributed by atoms with Crippen LogP contribution in [-0.2, 0) is 9.47 Å². The summed E-state index contributed by atoms with van der Waals surface area (Å²) in [6.07, 6.45) is 1.15. The number of benzene rings is 1. The zero-order chi connectivity index (χ0) is 14.7. The fourth-order valence-corrected chi connectivity index (χ4v) is 2.33. The van der Waals surface area contributed by atoms with Gasteiger partial charge < -0.3 is 9.47 Å². The van der Waals surface area contributed by atoms with Gasteiger partial charge in [0.1, 0.15) is 11.9 Å². The van der Waals surface area contributed by atoms with E-state index in [1.54, 1.807) is 13.3 Å². The van der Waals surface area contributed by atoms with Gasteiger partial charge in [-0.05, 0) is 17.7 Å². The molecule has 1 unspecified atom stereocenters. The van der Waals surface area contributed by atoms with E-state index in [1.165, 1.54) is 4.90 Å². The summed E-state index contributed by atoms with van der Waals surface area (Å²) < 4.78 is 10.2. The van der Waals surface area contributed by atoms with Gasteiger partial charge >= 0.3 is 6.09 Å². The topological polar surface area (TPSA) is 51.7 Å². The van der Waals surface area contributed by atoms with Crippen LogP contribution in [-0.4, -0.2) is 37.4 Å². The second-order valence-electron chi connectivity index (χ2n) is 4.84. The van der Waals surface area contributed by atoms with Crippen molar-refractivity contribution >= 4 is 11.9 Å². The number of hydrogen-bond acceptors (Lipinski definition) is 4. The molecule has 2 aromatic rings. The van der Waals surface area contributed by atoms with Crippen LogP contribution >= 0.6 is 0 Å². The number of anilines is 1. The highest BCUT2D eigenvalue weighted by Gasteiger charge is 2.32. The predicted octanol–water partition coefficient (Wildman–Crippen LogP) is 2.72. The fourth-order valence-electron chi connectivity index (χ4n) is 2.33. The molecule has 1 aromatic carbocycles. The van der Waals surface area contributed by atoms with Crippen molar-refractivity contribution in [2.24, 2.45) is 0 Å². The van der Waals surface area contributed by atoms with E-state index in [2.05, 4.69) is 4.98 Å². The summed E-state index contributed by atoms with van der Waals surface area (Å²) in [5.41, 5.74) is 2.11. The maximum atomic E-state index is 11.8. The van der Waals surface area contributed by atoms with Crippen LogP contribution in [0.3, 0.4) is 0 Å². The Labute approximate surface area is 123 Å². The van der Waals surface area contributed by atoms with Gasteiger partial charge in [0.15, 0.2) is 0 Å². The SMILES string of the molecule is COCC1CN(c2ccc(-c3ccccc3)cn2)C(=O)O1. The Morgan fingerprint density at radius 2 is 2.05 bits per heavy atom. The van der Waals surface area contributed by atoms with E-state index in [0.717, 1.165) is 11.1 Å². The summed E-state index contributed by atoms with van der Waals surface area (Å²) in [6.45, 7) is 0.856. The summed E-state index contributed by atoms with van der Waals surface area (Å²) in [5.74, 6) is 0.596. The quantitative estimate of drug-likeness (QED) is 0.866. The van der Waals surface area contributed by atoms with Crippen molar-refractivity contribution < 1.29 is 14.3 Å². The van der Waals surface area contributed by atoms with Crippen LogP contribution in [0.15, 0.2) is 48.7 Å². The third-order valence-electron chi connectivity index (χ3n) is 3.36. The van der Waals surface area contributed by atoms with E-state index >= 15 is 0 Å². The Balaban J connectivity index is 1.77. The molecule has 0 aliphatic carbocycles. The molecular formula is C16H16N2O3. The van der Waals surface area contributed by atoms with Gasteiger partial charge in [0, 0.05) is 18.9 Å². The van der Waals surface area contributed by atoms with Crippen LogP contribution in [0, 0.1) is 0 Å². The van der Waals surface area contributed by atoms with E-state index in [-0.39, 0.29) is 12.2 Å². The minimum Gasteiger partial charge on any atom is -0.441 e. The highest BCUT2D eigenvalue weighted by Crippen LogP contribution is 2.23. The zero-order valence-electron chi connectivity index (χ0n) is 11.7. The minimum atomic E-state index is -0.378. The molecule has 108 valence electrons. The number of hydrogen-bond donors (Lipinski definition) is 0. The second kappa shape index (κ2) is 5.93. The lowest BCUT2D eigenvalue weighted by Crippen LogP contribution is -2.26. The summed E-state index contributed by atoms with van der Waals surface area (Å²) >= 11 is 0. The standard InChI is InChI=1S/C16H16N2O3/c1-20-11-14-10-18(16(19)21-14)15-8-7-13(9-17-15)12-5-3-2-4-6-12/h2-9,14H,10-11H2,1H3. The lowest BCUT2D eigenvalue weighted by atomic mass is 10.1. The van der Waals surface area contributed by atoms with Crippen LogP contribution in [0.25, 0.3) is 11.1 Å². The molecule has 2 heterocycles. The number of nitrogens with zero attached hydrogens (tertiary/aromatic N) is 2. The Bertz CT molecular complexity index is 613. The van der Waals surface area contributed by atoms with Gasteiger partial charge in [0.2, 0.25) is 0 Å². The zero-order valence-corrected chi connectivity index (χ0v) is 11.7. The van der Waals surface area contributed by atoms with Crippen molar-refractivity contribution in [1.82, 2.24) is 4.98 Å². The molecule has 0 spiro atoms. The van der Waals surface area contributed by atoms with E-state index in [9.17, 15) is 4.79 Å². The average Bonchev–Trinajstić information content (AvgIpc) is 2.89. The molecule has 0 N–H and O–H groups in total. The molecule has 1 aromatic heterocycles. The number of carbonyl (C=O) groups excluding carboxylic acids is 1. The molecular weight excluding hydrogens is 268 g/mol. The molecule has 1 aliphatic heterocycles. The molecule has 1 saturated heterocycles. The monoisotopic (exact) mass is 284 g/mol. The van der Waals surface area contributed by atoms with Crippen LogP contribution in [0.5, 0.6) is 0 Å². The smallest absolute Gasteiger partial charge is 0.416 e.